The minimum absolute atomic E-state index is 0.204. The van der Waals surface area contributed by atoms with Gasteiger partial charge in [-0.25, -0.2) is 4.98 Å². The van der Waals surface area contributed by atoms with Gasteiger partial charge in [-0.1, -0.05) is 17.7 Å². The molecule has 0 aliphatic carbocycles. The molecule has 3 rings (SSSR count). The first-order chi connectivity index (χ1) is 14.0. The van der Waals surface area contributed by atoms with Crippen LogP contribution >= 0.6 is 11.6 Å². The largest absolute Gasteiger partial charge is 0.468 e. The molecule has 1 amide bonds. The van der Waals surface area contributed by atoms with Crippen LogP contribution in [0.25, 0.3) is 11.1 Å². The van der Waals surface area contributed by atoms with E-state index in [4.69, 9.17) is 16.3 Å². The molecule has 0 spiro atoms. The number of hydrogen-bond donors (Lipinski definition) is 1. The van der Waals surface area contributed by atoms with E-state index in [1.165, 1.54) is 16.9 Å². The van der Waals surface area contributed by atoms with Gasteiger partial charge < -0.3 is 10.1 Å². The van der Waals surface area contributed by atoms with Crippen LogP contribution in [0.5, 0.6) is 5.88 Å². The van der Waals surface area contributed by atoms with Gasteiger partial charge in [0, 0.05) is 23.8 Å². The smallest absolute Gasteiger partial charge is 0.422 e. The molecule has 0 saturated carbocycles. The van der Waals surface area contributed by atoms with E-state index in [9.17, 15) is 18.0 Å². The maximum absolute atomic E-state index is 12.6. The zero-order valence-electron chi connectivity index (χ0n) is 16.3. The lowest BCUT2D eigenvalue weighted by Gasteiger charge is -2.14. The van der Waals surface area contributed by atoms with E-state index in [-0.39, 0.29) is 5.88 Å². The van der Waals surface area contributed by atoms with Gasteiger partial charge in [0.1, 0.15) is 0 Å². The standard InChI is InChI=1S/C20H18ClF3N4O2/c1-11-6-13(4-5-17(11)21)15-7-14(8-25-19(15)30-10-20(22,23)24)26-18(29)16-9-28(3)27-12(16)2/h4-9H,10H2,1-3H3,(H,26,29). The monoisotopic (exact) mass is 438 g/mol. The van der Waals surface area contributed by atoms with Gasteiger partial charge in [-0.15, -0.1) is 0 Å². The van der Waals surface area contributed by atoms with Crippen LogP contribution in [-0.4, -0.2) is 33.5 Å². The van der Waals surface area contributed by atoms with Crippen LogP contribution in [0.15, 0.2) is 36.7 Å². The van der Waals surface area contributed by atoms with Gasteiger partial charge >= 0.3 is 6.18 Å². The summed E-state index contributed by atoms with van der Waals surface area (Å²) in [5.41, 5.74) is 2.79. The number of hydrogen-bond acceptors (Lipinski definition) is 4. The van der Waals surface area contributed by atoms with E-state index in [1.54, 1.807) is 45.3 Å². The summed E-state index contributed by atoms with van der Waals surface area (Å²) in [4.78, 5) is 16.5. The van der Waals surface area contributed by atoms with Gasteiger partial charge in [0.15, 0.2) is 6.61 Å². The number of nitrogens with zero attached hydrogens (tertiary/aromatic N) is 3. The average molecular weight is 439 g/mol. The van der Waals surface area contributed by atoms with E-state index in [0.717, 1.165) is 5.56 Å². The van der Waals surface area contributed by atoms with Gasteiger partial charge in [0.2, 0.25) is 5.88 Å². The number of carbonyl (C=O) groups is 1. The van der Waals surface area contributed by atoms with E-state index in [2.05, 4.69) is 15.4 Å². The van der Waals surface area contributed by atoms with Crippen LogP contribution in [0.3, 0.4) is 0 Å². The fraction of sp³-hybridized carbons (Fsp3) is 0.250. The van der Waals surface area contributed by atoms with E-state index in [1.807, 2.05) is 0 Å². The first-order valence-electron chi connectivity index (χ1n) is 8.81. The third-order valence-electron chi connectivity index (χ3n) is 4.21. The molecule has 1 N–H and O–H groups in total. The zero-order chi connectivity index (χ0) is 22.1. The van der Waals surface area contributed by atoms with Crippen molar-refractivity contribution in [2.24, 2.45) is 7.05 Å². The molecule has 30 heavy (non-hydrogen) atoms. The average Bonchev–Trinajstić information content (AvgIpc) is 3.00. The Bertz CT molecular complexity index is 1100. The molecule has 2 heterocycles. The fourth-order valence-electron chi connectivity index (χ4n) is 2.83. The summed E-state index contributed by atoms with van der Waals surface area (Å²) in [6, 6.07) is 6.48. The van der Waals surface area contributed by atoms with Gasteiger partial charge in [0.25, 0.3) is 5.91 Å². The normalized spacial score (nSPS) is 11.4. The van der Waals surface area contributed by atoms with Crippen LogP contribution in [0.2, 0.25) is 5.02 Å². The van der Waals surface area contributed by atoms with Crippen LogP contribution < -0.4 is 10.1 Å². The molecule has 6 nitrogen and oxygen atoms in total. The molecule has 2 aromatic heterocycles. The summed E-state index contributed by atoms with van der Waals surface area (Å²) in [6.07, 6.45) is -1.70. The van der Waals surface area contributed by atoms with Crippen molar-refractivity contribution in [1.29, 1.82) is 0 Å². The topological polar surface area (TPSA) is 69.0 Å². The predicted molar refractivity (Wildman–Crippen MR) is 107 cm³/mol. The van der Waals surface area contributed by atoms with Gasteiger partial charge in [-0.2, -0.15) is 18.3 Å². The van der Waals surface area contributed by atoms with Crippen molar-refractivity contribution in [2.45, 2.75) is 20.0 Å². The second kappa shape index (κ2) is 8.35. The fourth-order valence-corrected chi connectivity index (χ4v) is 2.94. The number of carbonyl (C=O) groups excluding carboxylic acids is 1. The number of aromatic nitrogens is 3. The molecule has 0 fully saturated rings. The van der Waals surface area contributed by atoms with E-state index < -0.39 is 18.7 Å². The second-order valence-electron chi connectivity index (χ2n) is 6.70. The van der Waals surface area contributed by atoms with E-state index in [0.29, 0.717) is 33.1 Å². The molecule has 3 aromatic rings. The maximum atomic E-state index is 12.6. The first kappa shape index (κ1) is 21.6. The molecule has 0 unspecified atom stereocenters. The third-order valence-corrected chi connectivity index (χ3v) is 4.63. The second-order valence-corrected chi connectivity index (χ2v) is 7.11. The number of anilines is 1. The highest BCUT2D eigenvalue weighted by Gasteiger charge is 2.29. The third kappa shape index (κ3) is 5.10. The van der Waals surface area contributed by atoms with Crippen molar-refractivity contribution in [3.63, 3.8) is 0 Å². The van der Waals surface area contributed by atoms with Crippen LogP contribution in [0.1, 0.15) is 21.6 Å². The summed E-state index contributed by atoms with van der Waals surface area (Å²) in [6.45, 7) is 1.98. The Morgan fingerprint density at radius 3 is 2.60 bits per heavy atom. The number of alkyl halides is 3. The molecule has 0 saturated heterocycles. The lowest BCUT2D eigenvalue weighted by atomic mass is 10.0. The van der Waals surface area contributed by atoms with Crippen molar-refractivity contribution in [3.8, 4) is 17.0 Å². The van der Waals surface area contributed by atoms with Crippen molar-refractivity contribution < 1.29 is 22.7 Å². The number of halogens is 4. The van der Waals surface area contributed by atoms with Crippen LogP contribution in [0, 0.1) is 13.8 Å². The molecule has 0 aliphatic rings. The number of pyridine rings is 1. The molecule has 1 aromatic carbocycles. The van der Waals surface area contributed by atoms with Gasteiger partial charge in [0.05, 0.1) is 23.1 Å². The lowest BCUT2D eigenvalue weighted by molar-refractivity contribution is -0.154. The highest BCUT2D eigenvalue weighted by molar-refractivity contribution is 6.31. The van der Waals surface area contributed by atoms with Crippen molar-refractivity contribution in [1.82, 2.24) is 14.8 Å². The molecule has 0 radical (unpaired) electrons. The SMILES string of the molecule is Cc1cc(-c2cc(NC(=O)c3cn(C)nc3C)cnc2OCC(F)(F)F)ccc1Cl. The van der Waals surface area contributed by atoms with Crippen LogP contribution in [0.4, 0.5) is 18.9 Å². The minimum Gasteiger partial charge on any atom is -0.468 e. The van der Waals surface area contributed by atoms with Gasteiger partial charge in [-0.3, -0.25) is 9.48 Å². The quantitative estimate of drug-likeness (QED) is 0.612. The minimum atomic E-state index is -4.51. The summed E-state index contributed by atoms with van der Waals surface area (Å²) >= 11 is 6.05. The molecule has 158 valence electrons. The van der Waals surface area contributed by atoms with Crippen LogP contribution in [-0.2, 0) is 7.05 Å². The Morgan fingerprint density at radius 1 is 1.27 bits per heavy atom. The summed E-state index contributed by atoms with van der Waals surface area (Å²) < 4.78 is 44.3. The summed E-state index contributed by atoms with van der Waals surface area (Å²) in [7, 11) is 1.69. The Kier molecular flexibility index (Phi) is 6.02. The summed E-state index contributed by atoms with van der Waals surface area (Å²) in [5, 5.41) is 7.32. The highest BCUT2D eigenvalue weighted by Crippen LogP contribution is 2.33. The zero-order valence-corrected chi connectivity index (χ0v) is 17.1. The molecule has 10 heteroatoms. The van der Waals surface area contributed by atoms with Crippen molar-refractivity contribution in [2.75, 3.05) is 11.9 Å². The Balaban J connectivity index is 1.96. The number of aryl methyl sites for hydroxylation is 3. The molecule has 0 aliphatic heterocycles. The predicted octanol–water partition coefficient (Wildman–Crippen LogP) is 4.95. The number of nitrogens with one attached hydrogen (secondary N) is 1. The number of ether oxygens (including phenoxy) is 1. The summed E-state index contributed by atoms with van der Waals surface area (Å²) in [5.74, 6) is -0.616. The number of rotatable bonds is 5. The van der Waals surface area contributed by atoms with E-state index >= 15 is 0 Å². The Morgan fingerprint density at radius 2 is 2.00 bits per heavy atom. The molecule has 0 atom stereocenters. The van der Waals surface area contributed by atoms with Crippen molar-refractivity contribution in [3.05, 3.63) is 58.5 Å². The lowest BCUT2D eigenvalue weighted by Crippen LogP contribution is -2.20. The first-order valence-corrected chi connectivity index (χ1v) is 9.19. The number of benzene rings is 1. The molecular formula is C20H18ClF3N4O2. The van der Waals surface area contributed by atoms with Gasteiger partial charge in [-0.05, 0) is 43.2 Å². The number of amides is 1. The Labute approximate surface area is 175 Å². The highest BCUT2D eigenvalue weighted by atomic mass is 35.5. The van der Waals surface area contributed by atoms with Crippen molar-refractivity contribution >= 4 is 23.2 Å². The maximum Gasteiger partial charge on any atom is 0.422 e. The molecular weight excluding hydrogens is 421 g/mol. The molecule has 0 bridgehead atoms. The Hall–Kier alpha value is -3.07.